The van der Waals surface area contributed by atoms with Crippen molar-refractivity contribution >= 4 is 45.8 Å². The standard InChI is InChI=1S/C23H25ClFN5OS2/c1-14-29(13-16-10-26-28(3)11-16)21(31)17-9-20(33-27-23(2)6-7-23)32-22(17)30(14)12-15-4-5-18(24)19(25)8-15/h4-5,8-11,14,27H,6-7,12-13H2,1-3H3. The molecule has 2 aromatic heterocycles. The highest BCUT2D eigenvalue weighted by Gasteiger charge is 2.39. The number of aryl methyl sites for hydroxylation is 1. The van der Waals surface area contributed by atoms with Gasteiger partial charge in [-0.3, -0.25) is 14.2 Å². The van der Waals surface area contributed by atoms with Gasteiger partial charge in [0.05, 0.1) is 27.5 Å². The van der Waals surface area contributed by atoms with E-state index >= 15 is 0 Å². The lowest BCUT2D eigenvalue weighted by atomic mass is 10.1. The molecular weight excluding hydrogens is 481 g/mol. The normalized spacial score (nSPS) is 19.2. The molecule has 1 N–H and O–H groups in total. The van der Waals surface area contributed by atoms with Crippen molar-refractivity contribution in [2.45, 2.75) is 55.7 Å². The molecule has 0 radical (unpaired) electrons. The van der Waals surface area contributed by atoms with Crippen LogP contribution in [0.2, 0.25) is 5.02 Å². The fourth-order valence-corrected chi connectivity index (χ4v) is 6.23. The third-order valence-electron chi connectivity index (χ3n) is 6.19. The Kier molecular flexibility index (Phi) is 5.93. The summed E-state index contributed by atoms with van der Waals surface area (Å²) in [5, 5.41) is 5.26. The zero-order valence-electron chi connectivity index (χ0n) is 18.6. The molecule has 1 aliphatic heterocycles. The maximum absolute atomic E-state index is 14.1. The van der Waals surface area contributed by atoms with E-state index < -0.39 is 5.82 Å². The van der Waals surface area contributed by atoms with E-state index in [9.17, 15) is 9.18 Å². The molecule has 1 aromatic carbocycles. The van der Waals surface area contributed by atoms with E-state index in [2.05, 4.69) is 21.6 Å². The quantitative estimate of drug-likeness (QED) is 0.434. The number of nitrogens with zero attached hydrogens (tertiary/aromatic N) is 4. The Morgan fingerprint density at radius 3 is 2.70 bits per heavy atom. The smallest absolute Gasteiger partial charge is 0.258 e. The topological polar surface area (TPSA) is 53.4 Å². The highest BCUT2D eigenvalue weighted by molar-refractivity contribution is 7.99. The molecule has 33 heavy (non-hydrogen) atoms. The lowest BCUT2D eigenvalue weighted by molar-refractivity contribution is 0.0650. The third-order valence-corrected chi connectivity index (χ3v) is 8.88. The Morgan fingerprint density at radius 1 is 1.27 bits per heavy atom. The number of halogens is 2. The molecule has 10 heteroatoms. The first kappa shape index (κ1) is 22.7. The van der Waals surface area contributed by atoms with Crippen LogP contribution in [0.15, 0.2) is 40.9 Å². The van der Waals surface area contributed by atoms with Crippen LogP contribution >= 0.6 is 34.9 Å². The van der Waals surface area contributed by atoms with Crippen molar-refractivity contribution in [1.82, 2.24) is 19.4 Å². The maximum Gasteiger partial charge on any atom is 0.258 e. The molecule has 1 aliphatic carbocycles. The van der Waals surface area contributed by atoms with Crippen molar-refractivity contribution in [3.8, 4) is 0 Å². The van der Waals surface area contributed by atoms with Crippen LogP contribution in [0, 0.1) is 5.82 Å². The highest BCUT2D eigenvalue weighted by atomic mass is 35.5. The second kappa shape index (κ2) is 8.61. The van der Waals surface area contributed by atoms with Gasteiger partial charge < -0.3 is 9.80 Å². The molecule has 5 rings (SSSR count). The first-order chi connectivity index (χ1) is 15.7. The number of nitrogens with one attached hydrogen (secondary N) is 1. The third kappa shape index (κ3) is 4.64. The zero-order chi connectivity index (χ0) is 23.3. The molecule has 0 spiro atoms. The van der Waals surface area contributed by atoms with E-state index in [1.807, 2.05) is 37.2 Å². The minimum absolute atomic E-state index is 0.000577. The largest absolute Gasteiger partial charge is 0.338 e. The van der Waals surface area contributed by atoms with Crippen molar-refractivity contribution in [3.63, 3.8) is 0 Å². The monoisotopic (exact) mass is 505 g/mol. The van der Waals surface area contributed by atoms with Crippen LogP contribution in [0.25, 0.3) is 0 Å². The fourth-order valence-electron chi connectivity index (χ4n) is 3.89. The number of amides is 1. The summed E-state index contributed by atoms with van der Waals surface area (Å²) in [7, 11) is 1.86. The van der Waals surface area contributed by atoms with Gasteiger partial charge in [-0.25, -0.2) is 4.39 Å². The lowest BCUT2D eigenvalue weighted by Crippen LogP contribution is -2.52. The number of carbonyl (C=O) groups excluding carboxylic acids is 1. The average Bonchev–Trinajstić information content (AvgIpc) is 3.17. The number of rotatable bonds is 7. The van der Waals surface area contributed by atoms with Crippen molar-refractivity contribution in [2.75, 3.05) is 4.90 Å². The Bertz CT molecular complexity index is 1210. The predicted molar refractivity (Wildman–Crippen MR) is 131 cm³/mol. The first-order valence-electron chi connectivity index (χ1n) is 10.8. The van der Waals surface area contributed by atoms with Crippen LogP contribution in [0.4, 0.5) is 9.39 Å². The molecule has 1 saturated carbocycles. The van der Waals surface area contributed by atoms with Crippen molar-refractivity contribution < 1.29 is 9.18 Å². The number of anilines is 1. The van der Waals surface area contributed by atoms with Crippen LogP contribution in [0.5, 0.6) is 0 Å². The number of benzene rings is 1. The minimum atomic E-state index is -0.438. The molecule has 174 valence electrons. The molecule has 2 aliphatic rings. The van der Waals surface area contributed by atoms with E-state index in [4.69, 9.17) is 11.6 Å². The number of hydrogen-bond donors (Lipinski definition) is 1. The van der Waals surface area contributed by atoms with Gasteiger partial charge in [-0.05, 0) is 62.4 Å². The second-order valence-corrected chi connectivity index (χ2v) is 11.6. The molecule has 3 heterocycles. The Labute approximate surface area is 205 Å². The summed E-state index contributed by atoms with van der Waals surface area (Å²) in [5.41, 5.74) is 2.63. The van der Waals surface area contributed by atoms with Crippen LogP contribution in [0.1, 0.15) is 48.2 Å². The van der Waals surface area contributed by atoms with Gasteiger partial charge in [0.1, 0.15) is 17.0 Å². The second-order valence-electron chi connectivity index (χ2n) is 9.01. The van der Waals surface area contributed by atoms with Crippen LogP contribution in [-0.2, 0) is 20.1 Å². The van der Waals surface area contributed by atoms with E-state index in [-0.39, 0.29) is 22.6 Å². The van der Waals surface area contributed by atoms with Gasteiger partial charge in [0.2, 0.25) is 0 Å². The summed E-state index contributed by atoms with van der Waals surface area (Å²) in [4.78, 5) is 17.6. The molecule has 1 amide bonds. The molecule has 6 nitrogen and oxygen atoms in total. The van der Waals surface area contributed by atoms with E-state index in [0.717, 1.165) is 33.2 Å². The van der Waals surface area contributed by atoms with Gasteiger partial charge in [0.25, 0.3) is 5.91 Å². The fraction of sp³-hybridized carbons (Fsp3) is 0.391. The van der Waals surface area contributed by atoms with Gasteiger partial charge in [-0.2, -0.15) is 5.10 Å². The minimum Gasteiger partial charge on any atom is -0.338 e. The Morgan fingerprint density at radius 2 is 2.03 bits per heavy atom. The lowest BCUT2D eigenvalue weighted by Gasteiger charge is -2.42. The van der Waals surface area contributed by atoms with Gasteiger partial charge in [0, 0.05) is 30.9 Å². The van der Waals surface area contributed by atoms with E-state index in [1.165, 1.54) is 6.07 Å². The summed E-state index contributed by atoms with van der Waals surface area (Å²) < 4.78 is 20.4. The van der Waals surface area contributed by atoms with Gasteiger partial charge in [0.15, 0.2) is 0 Å². The Balaban J connectivity index is 1.47. The van der Waals surface area contributed by atoms with Crippen LogP contribution in [0.3, 0.4) is 0 Å². The van der Waals surface area contributed by atoms with Crippen molar-refractivity contribution in [2.24, 2.45) is 7.05 Å². The zero-order valence-corrected chi connectivity index (χ0v) is 21.0. The van der Waals surface area contributed by atoms with E-state index in [0.29, 0.717) is 18.7 Å². The molecule has 1 unspecified atom stereocenters. The SMILES string of the molecule is CC1N(Cc2cnn(C)c2)C(=O)c2cc(SNC3(C)CC3)sc2N1Cc1ccc(Cl)c(F)c1. The summed E-state index contributed by atoms with van der Waals surface area (Å²) in [5.74, 6) is -0.438. The Hall–Kier alpha value is -2.07. The molecular formula is C23H25ClFN5OS2. The summed E-state index contributed by atoms with van der Waals surface area (Å²) in [6.45, 7) is 5.14. The molecule has 3 aromatic rings. The molecule has 1 fully saturated rings. The molecule has 0 bridgehead atoms. The summed E-state index contributed by atoms with van der Waals surface area (Å²) in [6.07, 6.45) is 5.81. The first-order valence-corrected chi connectivity index (χ1v) is 12.8. The van der Waals surface area contributed by atoms with Crippen molar-refractivity contribution in [1.29, 1.82) is 0 Å². The predicted octanol–water partition coefficient (Wildman–Crippen LogP) is 5.43. The van der Waals surface area contributed by atoms with Gasteiger partial charge >= 0.3 is 0 Å². The number of carbonyl (C=O) groups is 1. The van der Waals surface area contributed by atoms with Crippen molar-refractivity contribution in [3.05, 3.63) is 64.2 Å². The number of fused-ring (bicyclic) bond motifs is 1. The van der Waals surface area contributed by atoms with E-state index in [1.54, 1.807) is 40.2 Å². The summed E-state index contributed by atoms with van der Waals surface area (Å²) in [6, 6.07) is 6.85. The number of thiophene rings is 1. The van der Waals surface area contributed by atoms with Gasteiger partial charge in [-0.1, -0.05) is 17.7 Å². The highest BCUT2D eigenvalue weighted by Crippen LogP contribution is 2.44. The number of aromatic nitrogens is 2. The van der Waals surface area contributed by atoms with Crippen LogP contribution in [-0.4, -0.2) is 32.3 Å². The summed E-state index contributed by atoms with van der Waals surface area (Å²) >= 11 is 9.08. The molecule has 0 saturated heterocycles. The average molecular weight is 506 g/mol. The maximum atomic E-state index is 14.1. The molecule has 1 atom stereocenters. The van der Waals surface area contributed by atoms with Crippen LogP contribution < -0.4 is 9.62 Å². The van der Waals surface area contributed by atoms with Gasteiger partial charge in [-0.15, -0.1) is 11.3 Å². The number of hydrogen-bond acceptors (Lipinski definition) is 6.